The van der Waals surface area contributed by atoms with Crippen molar-refractivity contribution < 1.29 is 52.5 Å². The van der Waals surface area contributed by atoms with E-state index in [0.29, 0.717) is 45.4 Å². The summed E-state index contributed by atoms with van der Waals surface area (Å²) in [6, 6.07) is -2.08. The maximum Gasteiger partial charge on any atom is 0.329 e. The molecule has 18 heteroatoms. The molecule has 3 amide bonds. The summed E-state index contributed by atoms with van der Waals surface area (Å²) in [6.07, 6.45) is 1.33. The van der Waals surface area contributed by atoms with Crippen LogP contribution in [-0.4, -0.2) is 192 Å². The molecule has 442 valence electrons. The van der Waals surface area contributed by atoms with Crippen LogP contribution in [0, 0.1) is 16.2 Å². The second-order valence-electron chi connectivity index (χ2n) is 28.5. The molecule has 0 saturated carbocycles. The molecule has 1 saturated heterocycles. The molecule has 0 spiro atoms. The minimum Gasteiger partial charge on any atom is -0.460 e. The molecular weight excluding hydrogens is 971 g/mol. The number of Topliss-reactive ketones (excluding diaryl/α,β-unsaturated/α-hetero) is 1. The number of ether oxygens (including phenoxy) is 4. The van der Waals surface area contributed by atoms with Gasteiger partial charge in [-0.3, -0.25) is 33.8 Å². The van der Waals surface area contributed by atoms with Crippen LogP contribution in [-0.2, 0) is 47.7 Å². The molecule has 1 fully saturated rings. The van der Waals surface area contributed by atoms with Gasteiger partial charge in [0.05, 0.1) is 13.1 Å². The van der Waals surface area contributed by atoms with Gasteiger partial charge in [0.15, 0.2) is 0 Å². The van der Waals surface area contributed by atoms with Crippen LogP contribution < -0.4 is 10.6 Å². The first-order valence-electron chi connectivity index (χ1n) is 28.0. The zero-order valence-electron chi connectivity index (χ0n) is 51.7. The number of hydrogen-bond acceptors (Lipinski definition) is 15. The van der Waals surface area contributed by atoms with Gasteiger partial charge >= 0.3 is 29.9 Å². The van der Waals surface area contributed by atoms with Crippen LogP contribution in [0.5, 0.6) is 0 Å². The first-order chi connectivity index (χ1) is 34.4. The molecule has 1 rings (SSSR count). The lowest BCUT2D eigenvalue weighted by Gasteiger charge is -2.37. The third kappa shape index (κ3) is 35.5. The molecule has 1 heterocycles. The number of amides is 3. The summed E-state index contributed by atoms with van der Waals surface area (Å²) in [5, 5.41) is 5.76. The summed E-state index contributed by atoms with van der Waals surface area (Å²) >= 11 is 0. The number of unbranched alkanes of at least 4 members (excludes halogenated alkanes) is 1. The van der Waals surface area contributed by atoms with E-state index < -0.39 is 57.8 Å². The van der Waals surface area contributed by atoms with Gasteiger partial charge in [0.2, 0.25) is 5.91 Å². The van der Waals surface area contributed by atoms with Gasteiger partial charge in [0.25, 0.3) is 0 Å². The predicted octanol–water partition coefficient (Wildman–Crippen LogP) is 7.88. The monoisotopic (exact) mass is 1080 g/mol. The number of esters is 4. The molecule has 18 nitrogen and oxygen atoms in total. The summed E-state index contributed by atoms with van der Waals surface area (Å²) < 4.78 is 22.4. The maximum absolute atomic E-state index is 14.0. The average molecular weight is 1080 g/mol. The molecule has 76 heavy (non-hydrogen) atoms. The smallest absolute Gasteiger partial charge is 0.329 e. The Bertz CT molecular complexity index is 1840. The molecule has 0 radical (unpaired) electrons. The molecule has 2 N–H and O–H groups in total. The third-order valence-electron chi connectivity index (χ3n) is 11.8. The van der Waals surface area contributed by atoms with Crippen LogP contribution in [0.15, 0.2) is 0 Å². The summed E-state index contributed by atoms with van der Waals surface area (Å²) in [6.45, 7) is 48.4. The van der Waals surface area contributed by atoms with Crippen molar-refractivity contribution >= 4 is 41.6 Å². The minimum atomic E-state index is -1.11. The predicted molar refractivity (Wildman–Crippen MR) is 301 cm³/mol. The summed E-state index contributed by atoms with van der Waals surface area (Å²) in [7, 11) is 0. The van der Waals surface area contributed by atoms with Gasteiger partial charge in [-0.05, 0) is 125 Å². The van der Waals surface area contributed by atoms with Crippen LogP contribution in [0.1, 0.15) is 190 Å². The van der Waals surface area contributed by atoms with Crippen molar-refractivity contribution in [1.29, 1.82) is 0 Å². The fourth-order valence-corrected chi connectivity index (χ4v) is 8.67. The highest BCUT2D eigenvalue weighted by molar-refractivity contribution is 5.88. The lowest BCUT2D eigenvalue weighted by Crippen LogP contribution is -2.53. The maximum atomic E-state index is 14.0. The normalized spacial score (nSPS) is 16.8. The highest BCUT2D eigenvalue weighted by Gasteiger charge is 2.33. The Labute approximate surface area is 460 Å². The topological polar surface area (TPSA) is 197 Å². The third-order valence-corrected chi connectivity index (χ3v) is 11.8. The van der Waals surface area contributed by atoms with Gasteiger partial charge in [0, 0.05) is 97.3 Å². The highest BCUT2D eigenvalue weighted by atomic mass is 16.6. The fourth-order valence-electron chi connectivity index (χ4n) is 8.67. The van der Waals surface area contributed by atoms with Gasteiger partial charge < -0.3 is 44.3 Å². The van der Waals surface area contributed by atoms with E-state index in [1.54, 1.807) is 62.3 Å². The van der Waals surface area contributed by atoms with Crippen LogP contribution >= 0.6 is 0 Å². The number of carbonyl (C=O) groups excluding carboxylic acids is 7. The minimum absolute atomic E-state index is 0.0115. The van der Waals surface area contributed by atoms with Crippen molar-refractivity contribution in [1.82, 2.24) is 35.1 Å². The van der Waals surface area contributed by atoms with Gasteiger partial charge in [0.1, 0.15) is 40.8 Å². The quantitative estimate of drug-likeness (QED) is 0.0603. The molecule has 0 unspecified atom stereocenters. The van der Waals surface area contributed by atoms with E-state index in [9.17, 15) is 33.6 Å². The summed E-state index contributed by atoms with van der Waals surface area (Å²) in [4.78, 5) is 104. The van der Waals surface area contributed by atoms with Gasteiger partial charge in [-0.15, -0.1) is 0 Å². The molecule has 0 aromatic heterocycles. The van der Waals surface area contributed by atoms with Crippen molar-refractivity contribution in [3.8, 4) is 0 Å². The van der Waals surface area contributed by atoms with Crippen molar-refractivity contribution in [3.05, 3.63) is 0 Å². The number of urea groups is 1. The Balaban J connectivity index is 3.24. The van der Waals surface area contributed by atoms with Gasteiger partial charge in [-0.25, -0.2) is 9.59 Å². The standard InChI is InChI=1S/C58H109N7O11/c1-52(2,3)41-63-34-32-61(30-31-62(39-48(69)74-56(13,14)15)33-35-64(37-36-63)42-53(4,5)6)38-43(66)25-27-46(67)65(40-49(70)75-57(16,17)18)29-23-22-24-45(54(7,8)9)60-51(72)59-44(50(71)76-58(19,20)21)26-28-47(68)73-55(10,11)12/h44-45H,22-42H2,1-21H3,(H2,59,60,72)/t44-,45-/m0/s1. The Kier molecular flexibility index (Phi) is 28.1. The molecule has 1 aliphatic heterocycles. The first kappa shape index (κ1) is 70.1. The van der Waals surface area contributed by atoms with E-state index in [0.717, 1.165) is 39.3 Å². The second kappa shape index (κ2) is 30.5. The average Bonchev–Trinajstić information content (AvgIpc) is 3.18. The van der Waals surface area contributed by atoms with E-state index in [4.69, 9.17) is 18.9 Å². The van der Waals surface area contributed by atoms with Crippen molar-refractivity contribution in [3.63, 3.8) is 0 Å². The SMILES string of the molecule is CC(C)(C)CN1CCN(CC(=O)CCC(=O)N(CCCC[C@H](NC(=O)N[C@@H](CCC(=O)OC(C)(C)C)C(=O)OC(C)(C)C)C(C)(C)C)CC(=O)OC(C)(C)C)CCN(CC(=O)OC(C)(C)C)CCN(CC(C)(C)C)CC1. The molecule has 0 bridgehead atoms. The number of nitrogens with zero attached hydrogens (tertiary/aromatic N) is 5. The number of carbonyl (C=O) groups is 7. The molecule has 0 aromatic rings. The van der Waals surface area contributed by atoms with Crippen LogP contribution in [0.3, 0.4) is 0 Å². The molecule has 0 aromatic carbocycles. The Morgan fingerprint density at radius 1 is 0.461 bits per heavy atom. The first-order valence-corrected chi connectivity index (χ1v) is 28.0. The van der Waals surface area contributed by atoms with E-state index in [-0.39, 0.29) is 86.4 Å². The van der Waals surface area contributed by atoms with Crippen molar-refractivity contribution in [2.75, 3.05) is 91.6 Å². The highest BCUT2D eigenvalue weighted by Crippen LogP contribution is 2.25. The van der Waals surface area contributed by atoms with Crippen LogP contribution in [0.25, 0.3) is 0 Å². The Hall–Kier alpha value is -3.87. The van der Waals surface area contributed by atoms with Crippen molar-refractivity contribution in [2.24, 2.45) is 16.2 Å². The molecule has 0 aliphatic carbocycles. The lowest BCUT2D eigenvalue weighted by atomic mass is 9.83. The largest absolute Gasteiger partial charge is 0.460 e. The summed E-state index contributed by atoms with van der Waals surface area (Å²) in [5.74, 6) is -2.44. The molecule has 2 atom stereocenters. The fraction of sp³-hybridized carbons (Fsp3) is 0.879. The summed E-state index contributed by atoms with van der Waals surface area (Å²) in [5.41, 5.74) is -3.19. The van der Waals surface area contributed by atoms with E-state index in [2.05, 4.69) is 71.8 Å². The zero-order chi connectivity index (χ0) is 58.7. The Morgan fingerprint density at radius 3 is 1.32 bits per heavy atom. The van der Waals surface area contributed by atoms with Gasteiger partial charge in [-0.1, -0.05) is 62.3 Å². The number of nitrogens with one attached hydrogen (secondary N) is 2. The second-order valence-corrected chi connectivity index (χ2v) is 28.5. The molecular formula is C58H109N7O11. The van der Waals surface area contributed by atoms with Crippen LogP contribution in [0.4, 0.5) is 4.79 Å². The Morgan fingerprint density at radius 2 is 0.882 bits per heavy atom. The van der Waals surface area contributed by atoms with Gasteiger partial charge in [-0.2, -0.15) is 0 Å². The number of ketones is 1. The number of rotatable bonds is 22. The lowest BCUT2D eigenvalue weighted by molar-refractivity contribution is -0.159. The van der Waals surface area contributed by atoms with E-state index in [1.807, 2.05) is 41.5 Å². The molecule has 1 aliphatic rings. The van der Waals surface area contributed by atoms with Crippen molar-refractivity contribution in [2.45, 2.75) is 225 Å². The van der Waals surface area contributed by atoms with Crippen LogP contribution in [0.2, 0.25) is 0 Å². The zero-order valence-corrected chi connectivity index (χ0v) is 51.7. The number of hydrogen-bond donors (Lipinski definition) is 2. The van der Waals surface area contributed by atoms with E-state index >= 15 is 0 Å². The van der Waals surface area contributed by atoms with E-state index in [1.165, 1.54) is 4.90 Å².